The molecule has 0 radical (unpaired) electrons. The van der Waals surface area contributed by atoms with Crippen LogP contribution in [0.25, 0.3) is 0 Å². The third-order valence-corrected chi connectivity index (χ3v) is 4.88. The number of rotatable bonds is 8. The molecule has 2 amide bonds. The summed E-state index contributed by atoms with van der Waals surface area (Å²) in [5.41, 5.74) is 7.30. The highest BCUT2D eigenvalue weighted by atomic mass is 79.9. The highest BCUT2D eigenvalue weighted by Gasteiger charge is 2.29. The summed E-state index contributed by atoms with van der Waals surface area (Å²) in [5, 5.41) is 5.55. The number of para-hydroxylation sites is 1. The predicted octanol–water partition coefficient (Wildman–Crippen LogP) is 1.67. The molecule has 3 rings (SSSR count). The molecule has 1 aliphatic rings. The average Bonchev–Trinajstić information content (AvgIpc) is 3.21. The van der Waals surface area contributed by atoms with Gasteiger partial charge in [0, 0.05) is 23.6 Å². The number of halogens is 1. The molecule has 7 nitrogen and oxygen atoms in total. The van der Waals surface area contributed by atoms with Gasteiger partial charge in [0.1, 0.15) is 11.8 Å². The molecule has 1 saturated heterocycles. The van der Waals surface area contributed by atoms with Crippen LogP contribution in [0.2, 0.25) is 0 Å². The number of hydrazine groups is 1. The lowest BCUT2D eigenvalue weighted by Gasteiger charge is -2.11. The zero-order valence-electron chi connectivity index (χ0n) is 15.3. The van der Waals surface area contributed by atoms with Gasteiger partial charge in [0.15, 0.2) is 6.61 Å². The Bertz CT molecular complexity index is 786. The molecule has 0 spiro atoms. The van der Waals surface area contributed by atoms with Crippen LogP contribution in [0.1, 0.15) is 18.0 Å². The first-order chi connectivity index (χ1) is 13.6. The molecular weight excluding hydrogens is 424 g/mol. The fourth-order valence-corrected chi connectivity index (χ4v) is 3.13. The average molecular weight is 447 g/mol. The maximum Gasteiger partial charge on any atom is 0.258 e. The van der Waals surface area contributed by atoms with Crippen LogP contribution in [-0.4, -0.2) is 37.6 Å². The molecule has 2 unspecified atom stereocenters. The van der Waals surface area contributed by atoms with Gasteiger partial charge in [0.2, 0.25) is 5.91 Å². The van der Waals surface area contributed by atoms with E-state index in [1.807, 2.05) is 42.5 Å². The molecule has 1 fully saturated rings. The van der Waals surface area contributed by atoms with E-state index >= 15 is 0 Å². The Morgan fingerprint density at radius 2 is 1.71 bits per heavy atom. The van der Waals surface area contributed by atoms with E-state index in [4.69, 9.17) is 4.74 Å². The molecule has 8 heteroatoms. The van der Waals surface area contributed by atoms with Gasteiger partial charge in [-0.1, -0.05) is 46.3 Å². The number of nitrogens with one attached hydrogen (secondary N) is 4. The van der Waals surface area contributed by atoms with Crippen LogP contribution in [0.5, 0.6) is 5.75 Å². The fraction of sp³-hybridized carbons (Fsp3) is 0.300. The van der Waals surface area contributed by atoms with E-state index in [2.05, 4.69) is 37.4 Å². The highest BCUT2D eigenvalue weighted by molar-refractivity contribution is 9.10. The summed E-state index contributed by atoms with van der Waals surface area (Å²) >= 11 is 3.42. The van der Waals surface area contributed by atoms with Crippen LogP contribution >= 0.6 is 15.9 Å². The number of carbonyl (C=O) groups excluding carboxylic acids is 2. The second-order valence-corrected chi connectivity index (χ2v) is 7.34. The maximum absolute atomic E-state index is 12.3. The third-order valence-electron chi connectivity index (χ3n) is 4.35. The lowest BCUT2D eigenvalue weighted by atomic mass is 10.0. The second-order valence-electron chi connectivity index (χ2n) is 6.42. The Hall–Kier alpha value is -2.42. The molecule has 1 heterocycles. The second kappa shape index (κ2) is 10.2. The van der Waals surface area contributed by atoms with Gasteiger partial charge in [0.25, 0.3) is 5.91 Å². The highest BCUT2D eigenvalue weighted by Crippen LogP contribution is 2.23. The first kappa shape index (κ1) is 20.3. The van der Waals surface area contributed by atoms with E-state index < -0.39 is 0 Å². The van der Waals surface area contributed by atoms with Crippen molar-refractivity contribution in [2.75, 3.05) is 19.7 Å². The van der Waals surface area contributed by atoms with Crippen molar-refractivity contribution in [2.45, 2.75) is 18.5 Å². The molecule has 0 bridgehead atoms. The smallest absolute Gasteiger partial charge is 0.258 e. The van der Waals surface area contributed by atoms with Gasteiger partial charge in [-0.25, -0.2) is 10.9 Å². The van der Waals surface area contributed by atoms with E-state index in [-0.39, 0.29) is 30.5 Å². The van der Waals surface area contributed by atoms with Crippen LogP contribution in [0.4, 0.5) is 0 Å². The van der Waals surface area contributed by atoms with Crippen molar-refractivity contribution in [1.82, 2.24) is 21.5 Å². The molecule has 0 aromatic heterocycles. The standard InChI is InChI=1S/C20H23BrN4O3/c21-15-8-6-14(7-9-15)17-12-18(25-24-17)20(27)23-11-10-22-19(26)13-28-16-4-2-1-3-5-16/h1-9,17-18,24-25H,10-13H2,(H,22,26)(H,23,27). The topological polar surface area (TPSA) is 91.5 Å². The molecule has 0 saturated carbocycles. The Balaban J connectivity index is 1.31. The van der Waals surface area contributed by atoms with Gasteiger partial charge in [-0.3, -0.25) is 9.59 Å². The van der Waals surface area contributed by atoms with Gasteiger partial charge in [-0.05, 0) is 36.2 Å². The van der Waals surface area contributed by atoms with Gasteiger partial charge < -0.3 is 15.4 Å². The van der Waals surface area contributed by atoms with Crippen molar-refractivity contribution in [3.63, 3.8) is 0 Å². The van der Waals surface area contributed by atoms with Crippen LogP contribution < -0.4 is 26.2 Å². The number of amides is 2. The van der Waals surface area contributed by atoms with E-state index in [1.54, 1.807) is 12.1 Å². The molecular formula is C20H23BrN4O3. The first-order valence-corrected chi connectivity index (χ1v) is 9.90. The van der Waals surface area contributed by atoms with Crippen molar-refractivity contribution in [3.8, 4) is 5.75 Å². The number of hydrogen-bond acceptors (Lipinski definition) is 5. The summed E-state index contributed by atoms with van der Waals surface area (Å²) in [6.07, 6.45) is 0.657. The van der Waals surface area contributed by atoms with Crippen molar-refractivity contribution in [2.24, 2.45) is 0 Å². The summed E-state index contributed by atoms with van der Waals surface area (Å²) in [6.45, 7) is 0.650. The maximum atomic E-state index is 12.3. The number of hydrogen-bond donors (Lipinski definition) is 4. The Labute approximate surface area is 172 Å². The van der Waals surface area contributed by atoms with E-state index in [0.717, 1.165) is 10.0 Å². The Morgan fingerprint density at radius 3 is 2.46 bits per heavy atom. The van der Waals surface area contributed by atoms with Crippen LogP contribution in [0.3, 0.4) is 0 Å². The molecule has 2 atom stereocenters. The van der Waals surface area contributed by atoms with Crippen molar-refractivity contribution in [1.29, 1.82) is 0 Å². The van der Waals surface area contributed by atoms with Crippen LogP contribution in [-0.2, 0) is 9.59 Å². The summed E-state index contributed by atoms with van der Waals surface area (Å²) in [6, 6.07) is 16.9. The molecule has 28 heavy (non-hydrogen) atoms. The van der Waals surface area contributed by atoms with Gasteiger partial charge in [-0.2, -0.15) is 0 Å². The molecule has 2 aromatic carbocycles. The lowest BCUT2D eigenvalue weighted by Crippen LogP contribution is -2.45. The minimum Gasteiger partial charge on any atom is -0.484 e. The summed E-state index contributed by atoms with van der Waals surface area (Å²) < 4.78 is 6.39. The van der Waals surface area contributed by atoms with Gasteiger partial charge in [-0.15, -0.1) is 0 Å². The quantitative estimate of drug-likeness (QED) is 0.463. The van der Waals surface area contributed by atoms with Crippen molar-refractivity contribution < 1.29 is 14.3 Å². The normalized spacial score (nSPS) is 18.5. The Kier molecular flexibility index (Phi) is 7.41. The Morgan fingerprint density at radius 1 is 1.00 bits per heavy atom. The number of benzene rings is 2. The van der Waals surface area contributed by atoms with Crippen molar-refractivity contribution >= 4 is 27.7 Å². The minimum absolute atomic E-state index is 0.0546. The fourth-order valence-electron chi connectivity index (χ4n) is 2.87. The summed E-state index contributed by atoms with van der Waals surface area (Å²) in [4.78, 5) is 24.0. The number of carbonyl (C=O) groups is 2. The van der Waals surface area contributed by atoms with Crippen LogP contribution in [0.15, 0.2) is 59.1 Å². The van der Waals surface area contributed by atoms with Crippen molar-refractivity contribution in [3.05, 3.63) is 64.6 Å². The molecule has 1 aliphatic heterocycles. The molecule has 2 aromatic rings. The monoisotopic (exact) mass is 446 g/mol. The predicted molar refractivity (Wildman–Crippen MR) is 110 cm³/mol. The third kappa shape index (κ3) is 6.05. The SMILES string of the molecule is O=C(COc1ccccc1)NCCNC(=O)C1CC(c2ccc(Br)cc2)NN1. The van der Waals surface area contributed by atoms with Gasteiger partial charge in [0.05, 0.1) is 0 Å². The van der Waals surface area contributed by atoms with E-state index in [9.17, 15) is 9.59 Å². The van der Waals surface area contributed by atoms with Crippen LogP contribution in [0, 0.1) is 0 Å². The molecule has 148 valence electrons. The van der Waals surface area contributed by atoms with Gasteiger partial charge >= 0.3 is 0 Å². The summed E-state index contributed by atoms with van der Waals surface area (Å²) in [5.74, 6) is 0.321. The molecule has 4 N–H and O–H groups in total. The zero-order valence-corrected chi connectivity index (χ0v) is 16.9. The number of ether oxygens (including phenoxy) is 1. The minimum atomic E-state index is -0.314. The first-order valence-electron chi connectivity index (χ1n) is 9.10. The van der Waals surface area contributed by atoms with E-state index in [0.29, 0.717) is 25.3 Å². The molecule has 0 aliphatic carbocycles. The van der Waals surface area contributed by atoms with E-state index in [1.165, 1.54) is 0 Å². The zero-order chi connectivity index (χ0) is 19.8. The summed E-state index contributed by atoms with van der Waals surface area (Å²) in [7, 11) is 0. The lowest BCUT2D eigenvalue weighted by molar-refractivity contribution is -0.124. The largest absolute Gasteiger partial charge is 0.484 e.